The molecule has 0 saturated heterocycles. The smallest absolute Gasteiger partial charge is 0.344 e. The predicted molar refractivity (Wildman–Crippen MR) is 104 cm³/mol. The Morgan fingerprint density at radius 2 is 2.07 bits per heavy atom. The van der Waals surface area contributed by atoms with Gasteiger partial charge in [-0.25, -0.2) is 4.79 Å². The van der Waals surface area contributed by atoms with Crippen LogP contribution in [0.4, 0.5) is 0 Å². The Hall–Kier alpha value is -3.27. The van der Waals surface area contributed by atoms with Crippen LogP contribution in [0.25, 0.3) is 0 Å². The third-order valence-corrected chi connectivity index (χ3v) is 4.96. The number of benzene rings is 1. The second-order valence-electron chi connectivity index (χ2n) is 7.83. The summed E-state index contributed by atoms with van der Waals surface area (Å²) in [4.78, 5) is 24.7. The highest BCUT2D eigenvalue weighted by molar-refractivity contribution is 6.00. The SMILES string of the molecule is CCOC(=O)COc1ccccc1C1C(C#N)=C(N)OC2=C1C(=O)CC(C)(C)C2. The van der Waals surface area contributed by atoms with Crippen molar-refractivity contribution in [1.82, 2.24) is 0 Å². The normalized spacial score (nSPS) is 20.5. The third-order valence-electron chi connectivity index (χ3n) is 4.96. The average molecular weight is 396 g/mol. The summed E-state index contributed by atoms with van der Waals surface area (Å²) in [5, 5.41) is 9.73. The largest absolute Gasteiger partial charge is 0.482 e. The van der Waals surface area contributed by atoms with E-state index >= 15 is 0 Å². The van der Waals surface area contributed by atoms with E-state index in [0.717, 1.165) is 0 Å². The molecule has 1 unspecified atom stereocenters. The maximum atomic E-state index is 13.0. The summed E-state index contributed by atoms with van der Waals surface area (Å²) in [7, 11) is 0. The first-order valence-corrected chi connectivity index (χ1v) is 9.48. The van der Waals surface area contributed by atoms with Crippen LogP contribution in [0.15, 0.2) is 47.1 Å². The number of Topliss-reactive ketones (excluding diaryl/α,β-unsaturated/α-hetero) is 1. The number of allylic oxidation sites excluding steroid dienone is 3. The summed E-state index contributed by atoms with van der Waals surface area (Å²) in [6.45, 7) is 5.67. The Kier molecular flexibility index (Phi) is 5.64. The van der Waals surface area contributed by atoms with Crippen LogP contribution in [0, 0.1) is 16.7 Å². The Bertz CT molecular complexity index is 952. The highest BCUT2D eigenvalue weighted by Gasteiger charge is 2.43. The first-order chi connectivity index (χ1) is 13.8. The van der Waals surface area contributed by atoms with Gasteiger partial charge in [0.1, 0.15) is 23.2 Å². The molecule has 1 aromatic carbocycles. The summed E-state index contributed by atoms with van der Waals surface area (Å²) in [5.41, 5.74) is 6.96. The minimum Gasteiger partial charge on any atom is -0.482 e. The van der Waals surface area contributed by atoms with Crippen LogP contribution >= 0.6 is 0 Å². The molecule has 29 heavy (non-hydrogen) atoms. The molecule has 0 radical (unpaired) electrons. The number of nitrogens with zero attached hydrogens (tertiary/aromatic N) is 1. The van der Waals surface area contributed by atoms with Gasteiger partial charge < -0.3 is 19.9 Å². The van der Waals surface area contributed by atoms with Gasteiger partial charge in [-0.1, -0.05) is 32.0 Å². The zero-order chi connectivity index (χ0) is 21.2. The van der Waals surface area contributed by atoms with Crippen molar-refractivity contribution in [3.63, 3.8) is 0 Å². The highest BCUT2D eigenvalue weighted by atomic mass is 16.6. The van der Waals surface area contributed by atoms with Crippen LogP contribution in [0.5, 0.6) is 5.75 Å². The molecular weight excluding hydrogens is 372 g/mol. The van der Waals surface area contributed by atoms with Gasteiger partial charge in [0.05, 0.1) is 12.5 Å². The fourth-order valence-electron chi connectivity index (χ4n) is 3.79. The van der Waals surface area contributed by atoms with E-state index in [1.807, 2.05) is 13.8 Å². The summed E-state index contributed by atoms with van der Waals surface area (Å²) in [6, 6.07) is 9.07. The lowest BCUT2D eigenvalue weighted by atomic mass is 9.70. The number of hydrogen-bond donors (Lipinski definition) is 1. The van der Waals surface area contributed by atoms with E-state index in [2.05, 4.69) is 6.07 Å². The molecule has 1 aromatic rings. The molecule has 0 amide bonds. The third kappa shape index (κ3) is 4.11. The van der Waals surface area contributed by atoms with Crippen molar-refractivity contribution in [2.75, 3.05) is 13.2 Å². The van der Waals surface area contributed by atoms with Gasteiger partial charge in [0.25, 0.3) is 0 Å². The number of rotatable bonds is 5. The molecule has 7 nitrogen and oxygen atoms in total. The minimum absolute atomic E-state index is 0.0121. The molecule has 0 spiro atoms. The number of nitrogens with two attached hydrogens (primary N) is 1. The van der Waals surface area contributed by atoms with Gasteiger partial charge in [-0.2, -0.15) is 5.26 Å². The zero-order valence-corrected chi connectivity index (χ0v) is 16.8. The molecule has 2 N–H and O–H groups in total. The lowest BCUT2D eigenvalue weighted by Gasteiger charge is -2.37. The molecule has 1 atom stereocenters. The second-order valence-corrected chi connectivity index (χ2v) is 7.83. The van der Waals surface area contributed by atoms with E-state index in [0.29, 0.717) is 35.5 Å². The number of nitriles is 1. The number of esters is 1. The van der Waals surface area contributed by atoms with Crippen LogP contribution in [0.3, 0.4) is 0 Å². The molecule has 0 saturated carbocycles. The second kappa shape index (κ2) is 8.00. The van der Waals surface area contributed by atoms with Crippen molar-refractivity contribution in [3.8, 4) is 11.8 Å². The minimum atomic E-state index is -0.703. The first-order valence-electron chi connectivity index (χ1n) is 9.48. The van der Waals surface area contributed by atoms with Gasteiger partial charge in [0.2, 0.25) is 5.88 Å². The quantitative estimate of drug-likeness (QED) is 0.761. The molecule has 0 bridgehead atoms. The average Bonchev–Trinajstić information content (AvgIpc) is 2.64. The van der Waals surface area contributed by atoms with Crippen LogP contribution in [-0.2, 0) is 19.1 Å². The van der Waals surface area contributed by atoms with Crippen molar-refractivity contribution in [1.29, 1.82) is 5.26 Å². The Morgan fingerprint density at radius 3 is 2.76 bits per heavy atom. The molecule has 7 heteroatoms. The molecular formula is C22H24N2O5. The van der Waals surface area contributed by atoms with Crippen molar-refractivity contribution in [2.24, 2.45) is 11.1 Å². The molecule has 0 aromatic heterocycles. The molecule has 1 aliphatic heterocycles. The summed E-state index contributed by atoms with van der Waals surface area (Å²) in [6.07, 6.45) is 0.881. The topological polar surface area (TPSA) is 112 Å². The van der Waals surface area contributed by atoms with Crippen molar-refractivity contribution < 1.29 is 23.8 Å². The maximum Gasteiger partial charge on any atom is 0.344 e. The van der Waals surface area contributed by atoms with E-state index in [1.54, 1.807) is 31.2 Å². The molecule has 1 aliphatic carbocycles. The summed E-state index contributed by atoms with van der Waals surface area (Å²) in [5.74, 6) is -0.417. The number of carbonyl (C=O) groups excluding carboxylic acids is 2. The van der Waals surface area contributed by atoms with E-state index in [-0.39, 0.29) is 35.9 Å². The Labute approximate surface area is 169 Å². The van der Waals surface area contributed by atoms with Gasteiger partial charge in [0, 0.05) is 24.0 Å². The number of ether oxygens (including phenoxy) is 3. The van der Waals surface area contributed by atoms with Crippen LogP contribution < -0.4 is 10.5 Å². The van der Waals surface area contributed by atoms with Gasteiger partial charge >= 0.3 is 5.97 Å². The van der Waals surface area contributed by atoms with E-state index in [1.165, 1.54) is 0 Å². The maximum absolute atomic E-state index is 13.0. The van der Waals surface area contributed by atoms with Crippen molar-refractivity contribution >= 4 is 11.8 Å². The lowest BCUT2D eigenvalue weighted by Crippen LogP contribution is -2.33. The van der Waals surface area contributed by atoms with Crippen molar-refractivity contribution in [3.05, 3.63) is 52.6 Å². The highest BCUT2D eigenvalue weighted by Crippen LogP contribution is 2.49. The standard InChI is InChI=1S/C22H24N2O5/c1-4-27-18(26)12-28-16-8-6-5-7-13(16)19-14(11-23)21(24)29-17-10-22(2,3)9-15(25)20(17)19/h5-8,19H,4,9-10,12,24H2,1-3H3. The van der Waals surface area contributed by atoms with Gasteiger partial charge in [-0.05, 0) is 18.4 Å². The monoisotopic (exact) mass is 396 g/mol. The fraction of sp³-hybridized carbons (Fsp3) is 0.409. The number of carbonyl (C=O) groups is 2. The van der Waals surface area contributed by atoms with Gasteiger partial charge in [-0.15, -0.1) is 0 Å². The van der Waals surface area contributed by atoms with E-state index < -0.39 is 11.9 Å². The number of para-hydroxylation sites is 1. The number of ketones is 1. The Balaban J connectivity index is 2.06. The van der Waals surface area contributed by atoms with E-state index in [9.17, 15) is 14.9 Å². The molecule has 2 aliphatic rings. The van der Waals surface area contributed by atoms with Crippen LogP contribution in [-0.4, -0.2) is 25.0 Å². The number of hydrogen-bond acceptors (Lipinski definition) is 7. The molecule has 0 fully saturated rings. The first kappa shape index (κ1) is 20.5. The van der Waals surface area contributed by atoms with Crippen LogP contribution in [0.1, 0.15) is 45.1 Å². The molecule has 152 valence electrons. The van der Waals surface area contributed by atoms with Gasteiger partial charge in [0.15, 0.2) is 12.4 Å². The predicted octanol–water partition coefficient (Wildman–Crippen LogP) is 3.08. The van der Waals surface area contributed by atoms with Gasteiger partial charge in [-0.3, -0.25) is 4.79 Å². The zero-order valence-electron chi connectivity index (χ0n) is 16.8. The molecule has 3 rings (SSSR count). The Morgan fingerprint density at radius 1 is 1.34 bits per heavy atom. The van der Waals surface area contributed by atoms with E-state index in [4.69, 9.17) is 19.9 Å². The molecule has 1 heterocycles. The van der Waals surface area contributed by atoms with Crippen molar-refractivity contribution in [2.45, 2.75) is 39.5 Å². The summed E-state index contributed by atoms with van der Waals surface area (Å²) < 4.78 is 16.3. The summed E-state index contributed by atoms with van der Waals surface area (Å²) >= 11 is 0. The fourth-order valence-corrected chi connectivity index (χ4v) is 3.79. The lowest BCUT2D eigenvalue weighted by molar-refractivity contribution is -0.145. The van der Waals surface area contributed by atoms with Crippen LogP contribution in [0.2, 0.25) is 0 Å².